The Morgan fingerprint density at radius 3 is 2.88 bits per heavy atom. The minimum atomic E-state index is 0.672. The lowest BCUT2D eigenvalue weighted by Gasteiger charge is -2.20. The average Bonchev–Trinajstić information content (AvgIpc) is 2.84. The van der Waals surface area contributed by atoms with Crippen LogP contribution in [0.4, 0.5) is 0 Å². The molecule has 1 aromatic rings. The second-order valence-corrected chi connectivity index (χ2v) is 4.86. The molecule has 2 rings (SSSR count). The van der Waals surface area contributed by atoms with Gasteiger partial charge in [-0.05, 0) is 37.8 Å². The first-order valence-electron chi connectivity index (χ1n) is 6.49. The van der Waals surface area contributed by atoms with Crippen molar-refractivity contribution in [1.82, 2.24) is 10.3 Å². The molecule has 16 heavy (non-hydrogen) atoms. The normalized spacial score (nSPS) is 18.8. The molecule has 88 valence electrons. The Morgan fingerprint density at radius 2 is 2.19 bits per heavy atom. The fraction of sp³-hybridized carbons (Fsp3) is 0.643. The van der Waals surface area contributed by atoms with Gasteiger partial charge in [0.15, 0.2) is 0 Å². The fourth-order valence-electron chi connectivity index (χ4n) is 2.60. The predicted octanol–water partition coefficient (Wildman–Crippen LogP) is 2.79. The molecule has 1 atom stereocenters. The van der Waals surface area contributed by atoms with Gasteiger partial charge in [-0.15, -0.1) is 0 Å². The van der Waals surface area contributed by atoms with Gasteiger partial charge in [0.05, 0.1) is 0 Å². The van der Waals surface area contributed by atoms with E-state index in [2.05, 4.69) is 29.4 Å². The number of nitrogens with one attached hydrogen (secondary N) is 1. The van der Waals surface area contributed by atoms with Crippen molar-refractivity contribution in [2.24, 2.45) is 5.92 Å². The van der Waals surface area contributed by atoms with Crippen LogP contribution in [0, 0.1) is 5.92 Å². The highest BCUT2D eigenvalue weighted by Crippen LogP contribution is 2.27. The lowest BCUT2D eigenvalue weighted by Crippen LogP contribution is -2.33. The SMILES string of the molecule is CC(NCCc1ccccn1)C1CCCC1. The number of rotatable bonds is 5. The van der Waals surface area contributed by atoms with Gasteiger partial charge < -0.3 is 5.32 Å². The lowest BCUT2D eigenvalue weighted by atomic mass is 10.00. The molecule has 0 spiro atoms. The summed E-state index contributed by atoms with van der Waals surface area (Å²) in [7, 11) is 0. The van der Waals surface area contributed by atoms with E-state index in [1.165, 1.54) is 31.4 Å². The standard InChI is InChI=1S/C14H22N2/c1-12(13-6-2-3-7-13)15-11-9-14-8-4-5-10-16-14/h4-5,8,10,12-13,15H,2-3,6-7,9,11H2,1H3. The predicted molar refractivity (Wildman–Crippen MR) is 67.4 cm³/mol. The molecule has 1 unspecified atom stereocenters. The van der Waals surface area contributed by atoms with Gasteiger partial charge in [-0.3, -0.25) is 4.98 Å². The monoisotopic (exact) mass is 218 g/mol. The van der Waals surface area contributed by atoms with E-state index in [9.17, 15) is 0 Å². The summed E-state index contributed by atoms with van der Waals surface area (Å²) >= 11 is 0. The Bertz CT molecular complexity index is 291. The summed E-state index contributed by atoms with van der Waals surface area (Å²) in [4.78, 5) is 4.33. The van der Waals surface area contributed by atoms with Crippen molar-refractivity contribution >= 4 is 0 Å². The van der Waals surface area contributed by atoms with Gasteiger partial charge in [-0.2, -0.15) is 0 Å². The lowest BCUT2D eigenvalue weighted by molar-refractivity contribution is 0.383. The van der Waals surface area contributed by atoms with Crippen LogP contribution >= 0.6 is 0 Å². The van der Waals surface area contributed by atoms with Crippen molar-refractivity contribution in [3.05, 3.63) is 30.1 Å². The third-order valence-electron chi connectivity index (χ3n) is 3.68. The second kappa shape index (κ2) is 6.00. The van der Waals surface area contributed by atoms with Crippen LogP contribution in [-0.2, 0) is 6.42 Å². The molecule has 1 fully saturated rings. The molecule has 0 amide bonds. The molecule has 1 N–H and O–H groups in total. The Labute approximate surface area is 98.5 Å². The Balaban J connectivity index is 1.67. The van der Waals surface area contributed by atoms with Gasteiger partial charge in [-0.1, -0.05) is 18.9 Å². The van der Waals surface area contributed by atoms with Gasteiger partial charge in [0.1, 0.15) is 0 Å². The molecule has 1 aliphatic rings. The highest BCUT2D eigenvalue weighted by molar-refractivity contribution is 5.03. The highest BCUT2D eigenvalue weighted by atomic mass is 14.9. The molecular formula is C14H22N2. The van der Waals surface area contributed by atoms with Crippen molar-refractivity contribution in [2.75, 3.05) is 6.54 Å². The van der Waals surface area contributed by atoms with E-state index in [0.29, 0.717) is 6.04 Å². The van der Waals surface area contributed by atoms with E-state index in [0.717, 1.165) is 18.9 Å². The molecule has 1 aliphatic carbocycles. The molecule has 1 aromatic heterocycles. The average molecular weight is 218 g/mol. The maximum atomic E-state index is 4.33. The second-order valence-electron chi connectivity index (χ2n) is 4.86. The van der Waals surface area contributed by atoms with E-state index in [1.54, 1.807) is 0 Å². The summed E-state index contributed by atoms with van der Waals surface area (Å²) in [6, 6.07) is 6.80. The number of hydrogen-bond donors (Lipinski definition) is 1. The summed E-state index contributed by atoms with van der Waals surface area (Å²) < 4.78 is 0. The zero-order chi connectivity index (χ0) is 11.2. The molecule has 0 bridgehead atoms. The summed E-state index contributed by atoms with van der Waals surface area (Å²) in [6.07, 6.45) is 8.59. The van der Waals surface area contributed by atoms with Crippen molar-refractivity contribution in [3.8, 4) is 0 Å². The summed E-state index contributed by atoms with van der Waals surface area (Å²) in [6.45, 7) is 3.38. The molecule has 2 nitrogen and oxygen atoms in total. The van der Waals surface area contributed by atoms with Crippen LogP contribution in [0.5, 0.6) is 0 Å². The molecule has 1 saturated carbocycles. The summed E-state index contributed by atoms with van der Waals surface area (Å²) in [5.41, 5.74) is 1.19. The molecule has 0 saturated heterocycles. The van der Waals surface area contributed by atoms with Crippen LogP contribution in [0.1, 0.15) is 38.3 Å². The third kappa shape index (κ3) is 3.31. The molecule has 1 heterocycles. The molecule has 0 aromatic carbocycles. The highest BCUT2D eigenvalue weighted by Gasteiger charge is 2.20. The maximum absolute atomic E-state index is 4.33. The minimum Gasteiger partial charge on any atom is -0.314 e. The number of hydrogen-bond acceptors (Lipinski definition) is 2. The topological polar surface area (TPSA) is 24.9 Å². The van der Waals surface area contributed by atoms with Crippen LogP contribution in [0.15, 0.2) is 24.4 Å². The third-order valence-corrected chi connectivity index (χ3v) is 3.68. The van der Waals surface area contributed by atoms with Crippen molar-refractivity contribution < 1.29 is 0 Å². The number of pyridine rings is 1. The van der Waals surface area contributed by atoms with Gasteiger partial charge in [0.2, 0.25) is 0 Å². The Morgan fingerprint density at radius 1 is 1.38 bits per heavy atom. The van der Waals surface area contributed by atoms with Crippen LogP contribution < -0.4 is 5.32 Å². The smallest absolute Gasteiger partial charge is 0.0416 e. The quantitative estimate of drug-likeness (QED) is 0.822. The van der Waals surface area contributed by atoms with E-state index >= 15 is 0 Å². The van der Waals surface area contributed by atoms with Crippen molar-refractivity contribution in [1.29, 1.82) is 0 Å². The zero-order valence-corrected chi connectivity index (χ0v) is 10.2. The number of aromatic nitrogens is 1. The minimum absolute atomic E-state index is 0.672. The van der Waals surface area contributed by atoms with E-state index in [1.807, 2.05) is 12.3 Å². The molecule has 0 aliphatic heterocycles. The van der Waals surface area contributed by atoms with Gasteiger partial charge in [0, 0.05) is 30.9 Å². The van der Waals surface area contributed by atoms with E-state index in [4.69, 9.17) is 0 Å². The van der Waals surface area contributed by atoms with Gasteiger partial charge >= 0.3 is 0 Å². The van der Waals surface area contributed by atoms with Crippen molar-refractivity contribution in [3.63, 3.8) is 0 Å². The summed E-state index contributed by atoms with van der Waals surface area (Å²) in [5.74, 6) is 0.906. The summed E-state index contributed by atoms with van der Waals surface area (Å²) in [5, 5.41) is 3.63. The fourth-order valence-corrected chi connectivity index (χ4v) is 2.60. The van der Waals surface area contributed by atoms with Gasteiger partial charge in [0.25, 0.3) is 0 Å². The zero-order valence-electron chi connectivity index (χ0n) is 10.2. The van der Waals surface area contributed by atoms with Crippen molar-refractivity contribution in [2.45, 2.75) is 45.1 Å². The first-order valence-corrected chi connectivity index (χ1v) is 6.49. The molecular weight excluding hydrogens is 196 g/mol. The van der Waals surface area contributed by atoms with Crippen LogP contribution in [0.25, 0.3) is 0 Å². The number of nitrogens with zero attached hydrogens (tertiary/aromatic N) is 1. The first kappa shape index (κ1) is 11.6. The maximum Gasteiger partial charge on any atom is 0.0416 e. The first-order chi connectivity index (χ1) is 7.86. The Kier molecular flexibility index (Phi) is 4.34. The largest absolute Gasteiger partial charge is 0.314 e. The van der Waals surface area contributed by atoms with Crippen LogP contribution in [-0.4, -0.2) is 17.6 Å². The van der Waals surface area contributed by atoms with E-state index < -0.39 is 0 Å². The molecule has 0 radical (unpaired) electrons. The molecule has 2 heteroatoms. The van der Waals surface area contributed by atoms with E-state index in [-0.39, 0.29) is 0 Å². The van der Waals surface area contributed by atoms with Gasteiger partial charge in [-0.25, -0.2) is 0 Å². The Hall–Kier alpha value is -0.890. The van der Waals surface area contributed by atoms with Crippen LogP contribution in [0.3, 0.4) is 0 Å². The van der Waals surface area contributed by atoms with Crippen LogP contribution in [0.2, 0.25) is 0 Å².